The molecule has 11 heteroatoms. The number of rotatable bonds is 6. The Morgan fingerprint density at radius 1 is 0.923 bits per heavy atom. The highest BCUT2D eigenvalue weighted by Gasteiger charge is 2.31. The number of nitrogens with zero attached hydrogens (tertiary/aromatic N) is 2. The smallest absolute Gasteiger partial charge is 0.417 e. The monoisotopic (exact) mass is 398 g/mol. The van der Waals surface area contributed by atoms with Crippen molar-refractivity contribution in [3.05, 3.63) is 47.8 Å². The molecule has 2 rings (SSSR count). The number of thioether (sulfide) groups is 1. The van der Waals surface area contributed by atoms with Gasteiger partial charge >= 0.3 is 12.4 Å². The van der Waals surface area contributed by atoms with Crippen LogP contribution in [0.4, 0.5) is 26.3 Å². The van der Waals surface area contributed by atoms with Gasteiger partial charge in [-0.25, -0.2) is 9.97 Å². The molecule has 0 bridgehead atoms. The van der Waals surface area contributed by atoms with Gasteiger partial charge in [-0.2, -0.15) is 26.3 Å². The zero-order valence-corrected chi connectivity index (χ0v) is 13.7. The van der Waals surface area contributed by atoms with Crippen LogP contribution in [0.2, 0.25) is 0 Å². The van der Waals surface area contributed by atoms with Crippen LogP contribution in [0.15, 0.2) is 41.7 Å². The molecule has 0 saturated carbocycles. The van der Waals surface area contributed by atoms with Crippen LogP contribution in [-0.4, -0.2) is 33.5 Å². The number of halogens is 6. The molecule has 26 heavy (non-hydrogen) atoms. The number of aliphatic hydroxyl groups excluding tert-OH is 1. The fourth-order valence-electron chi connectivity index (χ4n) is 1.68. The first-order chi connectivity index (χ1) is 12.1. The van der Waals surface area contributed by atoms with Crippen LogP contribution in [0, 0.1) is 0 Å². The van der Waals surface area contributed by atoms with E-state index in [9.17, 15) is 31.4 Å². The van der Waals surface area contributed by atoms with E-state index >= 15 is 0 Å². The molecule has 0 aliphatic carbocycles. The molecular weight excluding hydrogens is 386 g/mol. The van der Waals surface area contributed by atoms with E-state index in [1.165, 1.54) is 6.07 Å². The molecule has 0 unspecified atom stereocenters. The van der Waals surface area contributed by atoms with Crippen molar-refractivity contribution in [3.8, 4) is 5.88 Å². The minimum Gasteiger partial charge on any atom is -0.475 e. The largest absolute Gasteiger partial charge is 0.475 e. The summed E-state index contributed by atoms with van der Waals surface area (Å²) in [5, 5.41) is 10.1. The Hall–Kier alpha value is -2.01. The van der Waals surface area contributed by atoms with E-state index in [0.717, 1.165) is 30.0 Å². The molecule has 1 atom stereocenters. The van der Waals surface area contributed by atoms with E-state index in [1.807, 2.05) is 0 Å². The predicted octanol–water partition coefficient (Wildman–Crippen LogP) is 4.05. The lowest BCUT2D eigenvalue weighted by Gasteiger charge is -2.12. The normalized spacial score (nSPS) is 13.5. The Labute approximate surface area is 148 Å². The lowest BCUT2D eigenvalue weighted by molar-refractivity contribution is -0.138. The second-order valence-electron chi connectivity index (χ2n) is 5.04. The van der Waals surface area contributed by atoms with Crippen LogP contribution in [0.1, 0.15) is 11.1 Å². The average molecular weight is 398 g/mol. The van der Waals surface area contributed by atoms with E-state index in [-0.39, 0.29) is 23.3 Å². The van der Waals surface area contributed by atoms with Gasteiger partial charge in [0.15, 0.2) is 0 Å². The zero-order valence-electron chi connectivity index (χ0n) is 12.9. The van der Waals surface area contributed by atoms with Crippen molar-refractivity contribution in [2.24, 2.45) is 0 Å². The molecule has 1 N–H and O–H groups in total. The second kappa shape index (κ2) is 8.12. The lowest BCUT2D eigenvalue weighted by atomic mass is 10.3. The van der Waals surface area contributed by atoms with Crippen LogP contribution in [0.5, 0.6) is 5.88 Å². The molecule has 0 aliphatic rings. The number of hydrogen-bond donors (Lipinski definition) is 1. The van der Waals surface area contributed by atoms with Gasteiger partial charge in [0.05, 0.1) is 22.3 Å². The number of hydrogen-bond acceptors (Lipinski definition) is 5. The van der Waals surface area contributed by atoms with E-state index in [0.29, 0.717) is 12.4 Å². The first-order valence-electron chi connectivity index (χ1n) is 7.06. The summed E-state index contributed by atoms with van der Waals surface area (Å²) in [6.45, 7) is -0.244. The Balaban J connectivity index is 1.79. The molecule has 2 heterocycles. The molecule has 0 aliphatic heterocycles. The molecule has 4 nitrogen and oxygen atoms in total. The van der Waals surface area contributed by atoms with Gasteiger partial charge in [-0.3, -0.25) is 0 Å². The van der Waals surface area contributed by atoms with Crippen LogP contribution in [-0.2, 0) is 12.4 Å². The SMILES string of the molecule is O[C@H](COc1ccc(C(F)(F)F)cn1)CSc1ccc(C(F)(F)F)cn1. The maximum Gasteiger partial charge on any atom is 0.417 e. The van der Waals surface area contributed by atoms with Gasteiger partial charge in [-0.05, 0) is 18.2 Å². The van der Waals surface area contributed by atoms with Crippen LogP contribution in [0.25, 0.3) is 0 Å². The Kier molecular flexibility index (Phi) is 6.34. The first-order valence-corrected chi connectivity index (χ1v) is 8.04. The summed E-state index contributed by atoms with van der Waals surface area (Å²) in [4.78, 5) is 7.13. The van der Waals surface area contributed by atoms with Gasteiger partial charge in [0.25, 0.3) is 0 Å². The van der Waals surface area contributed by atoms with Crippen molar-refractivity contribution in [2.75, 3.05) is 12.4 Å². The van der Waals surface area contributed by atoms with Crippen LogP contribution in [0.3, 0.4) is 0 Å². The van der Waals surface area contributed by atoms with Gasteiger partial charge in [-0.1, -0.05) is 0 Å². The molecule has 0 aromatic carbocycles. The van der Waals surface area contributed by atoms with Crippen LogP contribution >= 0.6 is 11.8 Å². The summed E-state index contributed by atoms with van der Waals surface area (Å²) in [6.07, 6.45) is -8.69. The molecule has 142 valence electrons. The maximum absolute atomic E-state index is 12.4. The molecule has 0 radical (unpaired) electrons. The molecular formula is C15H12F6N2O2S. The second-order valence-corrected chi connectivity index (χ2v) is 6.08. The summed E-state index contributed by atoms with van der Waals surface area (Å²) in [5.41, 5.74) is -1.80. The van der Waals surface area contributed by atoms with Gasteiger partial charge in [0.2, 0.25) is 5.88 Å². The Morgan fingerprint density at radius 3 is 1.96 bits per heavy atom. The average Bonchev–Trinajstić information content (AvgIpc) is 2.57. The molecule has 0 saturated heterocycles. The summed E-state index contributed by atoms with van der Waals surface area (Å²) in [7, 11) is 0. The van der Waals surface area contributed by atoms with Gasteiger partial charge in [0, 0.05) is 24.2 Å². The minimum atomic E-state index is -4.50. The summed E-state index contributed by atoms with van der Waals surface area (Å²) in [6, 6.07) is 3.89. The minimum absolute atomic E-state index is 0.0685. The third kappa shape index (κ3) is 6.06. The van der Waals surface area contributed by atoms with Crippen molar-refractivity contribution >= 4 is 11.8 Å². The number of aromatic nitrogens is 2. The number of aliphatic hydroxyl groups is 1. The van der Waals surface area contributed by atoms with E-state index in [1.54, 1.807) is 0 Å². The number of pyridine rings is 2. The van der Waals surface area contributed by atoms with E-state index < -0.39 is 29.6 Å². The quantitative estimate of drug-likeness (QED) is 0.588. The lowest BCUT2D eigenvalue weighted by Crippen LogP contribution is -2.20. The fraction of sp³-hybridized carbons (Fsp3) is 0.333. The number of ether oxygens (including phenoxy) is 1. The van der Waals surface area contributed by atoms with Crippen molar-refractivity contribution in [1.82, 2.24) is 9.97 Å². The van der Waals surface area contributed by atoms with Crippen molar-refractivity contribution in [1.29, 1.82) is 0 Å². The summed E-state index contributed by atoms with van der Waals surface area (Å²) >= 11 is 1.01. The van der Waals surface area contributed by atoms with Crippen molar-refractivity contribution in [3.63, 3.8) is 0 Å². The van der Waals surface area contributed by atoms with Gasteiger partial charge in [-0.15, -0.1) is 11.8 Å². The molecule has 0 amide bonds. The molecule has 2 aromatic rings. The molecule has 0 spiro atoms. The van der Waals surface area contributed by atoms with Crippen LogP contribution < -0.4 is 4.74 Å². The highest BCUT2D eigenvalue weighted by Crippen LogP contribution is 2.30. The highest BCUT2D eigenvalue weighted by atomic mass is 32.2. The zero-order chi connectivity index (χ0) is 19.4. The first kappa shape index (κ1) is 20.3. The number of alkyl halides is 6. The van der Waals surface area contributed by atoms with Gasteiger partial charge in [0.1, 0.15) is 6.61 Å². The fourth-order valence-corrected chi connectivity index (χ4v) is 2.43. The van der Waals surface area contributed by atoms with Gasteiger partial charge < -0.3 is 9.84 Å². The topological polar surface area (TPSA) is 55.2 Å². The summed E-state index contributed by atoms with van der Waals surface area (Å²) in [5.74, 6) is -0.0198. The van der Waals surface area contributed by atoms with E-state index in [4.69, 9.17) is 4.74 Å². The predicted molar refractivity (Wildman–Crippen MR) is 80.7 cm³/mol. The third-order valence-electron chi connectivity index (χ3n) is 2.97. The molecule has 0 fully saturated rings. The summed E-state index contributed by atoms with van der Waals surface area (Å²) < 4.78 is 79.5. The Morgan fingerprint density at radius 2 is 1.50 bits per heavy atom. The third-order valence-corrected chi connectivity index (χ3v) is 4.06. The van der Waals surface area contributed by atoms with E-state index in [2.05, 4.69) is 9.97 Å². The molecule has 2 aromatic heterocycles. The van der Waals surface area contributed by atoms with Crippen molar-refractivity contribution in [2.45, 2.75) is 23.5 Å². The Bertz CT molecular complexity index is 643. The van der Waals surface area contributed by atoms with Crippen molar-refractivity contribution < 1.29 is 36.2 Å². The highest BCUT2D eigenvalue weighted by molar-refractivity contribution is 7.99. The maximum atomic E-state index is 12.4. The standard InChI is InChI=1S/C15H12F6N2O2S/c16-14(17,18)9-1-3-12(22-5-9)25-7-11(24)8-26-13-4-2-10(6-23-13)15(19,20)21/h1-6,11,24H,7-8H2/t11-/m1/s1.